The fourth-order valence-corrected chi connectivity index (χ4v) is 3.43. The van der Waals surface area contributed by atoms with E-state index in [-0.39, 0.29) is 24.8 Å². The molecule has 0 atom stereocenters. The third-order valence-electron chi connectivity index (χ3n) is 4.87. The van der Waals surface area contributed by atoms with Crippen LogP contribution in [0.5, 0.6) is 0 Å². The molecule has 0 saturated heterocycles. The molecule has 0 aliphatic heterocycles. The van der Waals surface area contributed by atoms with Crippen LogP contribution in [0.3, 0.4) is 0 Å². The van der Waals surface area contributed by atoms with E-state index in [1.807, 2.05) is 60.7 Å². The van der Waals surface area contributed by atoms with Crippen molar-refractivity contribution >= 4 is 11.9 Å². The Balaban J connectivity index is 2.03. The standard InChI is InChI=1S/C26H28N2O4/c1-3-31-25(29)17-23-21(15-19-11-7-5-8-12-19)28-24(18-26(30)32-4-2)22(27-23)16-20-13-9-6-10-14-20/h5-14H,3-4,15-18H2,1-2H3. The predicted octanol–water partition coefficient (Wildman–Crippen LogP) is 3.87. The van der Waals surface area contributed by atoms with Crippen LogP contribution in [0, 0.1) is 0 Å². The summed E-state index contributed by atoms with van der Waals surface area (Å²) in [5.41, 5.74) is 4.58. The van der Waals surface area contributed by atoms with Crippen molar-refractivity contribution in [2.75, 3.05) is 13.2 Å². The van der Waals surface area contributed by atoms with Crippen molar-refractivity contribution in [3.63, 3.8) is 0 Å². The van der Waals surface area contributed by atoms with Crippen LogP contribution in [0.1, 0.15) is 47.8 Å². The van der Waals surface area contributed by atoms with E-state index in [1.165, 1.54) is 0 Å². The van der Waals surface area contributed by atoms with Gasteiger partial charge in [-0.3, -0.25) is 19.6 Å². The molecule has 166 valence electrons. The normalized spacial score (nSPS) is 10.6. The lowest BCUT2D eigenvalue weighted by Gasteiger charge is -2.15. The Bertz CT molecular complexity index is 951. The van der Waals surface area contributed by atoms with Crippen LogP contribution in [-0.2, 0) is 44.7 Å². The highest BCUT2D eigenvalue weighted by molar-refractivity contribution is 5.73. The lowest BCUT2D eigenvalue weighted by atomic mass is 10.0. The average molecular weight is 433 g/mol. The topological polar surface area (TPSA) is 78.4 Å². The molecule has 0 unspecified atom stereocenters. The maximum Gasteiger partial charge on any atom is 0.311 e. The molecule has 1 heterocycles. The largest absolute Gasteiger partial charge is 0.466 e. The molecule has 3 rings (SSSR count). The Morgan fingerprint density at radius 1 is 0.625 bits per heavy atom. The molecular weight excluding hydrogens is 404 g/mol. The van der Waals surface area contributed by atoms with Crippen LogP contribution in [-0.4, -0.2) is 35.1 Å². The first kappa shape index (κ1) is 23.1. The molecule has 0 spiro atoms. The van der Waals surface area contributed by atoms with E-state index in [1.54, 1.807) is 13.8 Å². The van der Waals surface area contributed by atoms with Gasteiger partial charge >= 0.3 is 11.9 Å². The quantitative estimate of drug-likeness (QED) is 0.453. The summed E-state index contributed by atoms with van der Waals surface area (Å²) in [6.45, 7) is 4.16. The van der Waals surface area contributed by atoms with E-state index in [9.17, 15) is 9.59 Å². The number of carbonyl (C=O) groups excluding carboxylic acids is 2. The summed E-state index contributed by atoms with van der Waals surface area (Å²) < 4.78 is 10.3. The molecule has 0 aliphatic carbocycles. The zero-order chi connectivity index (χ0) is 22.8. The molecule has 32 heavy (non-hydrogen) atoms. The lowest BCUT2D eigenvalue weighted by molar-refractivity contribution is -0.143. The van der Waals surface area contributed by atoms with Crippen LogP contribution in [0.15, 0.2) is 60.7 Å². The van der Waals surface area contributed by atoms with E-state index in [0.29, 0.717) is 48.8 Å². The van der Waals surface area contributed by atoms with E-state index < -0.39 is 0 Å². The van der Waals surface area contributed by atoms with Crippen molar-refractivity contribution in [1.82, 2.24) is 9.97 Å². The van der Waals surface area contributed by atoms with Crippen molar-refractivity contribution in [2.45, 2.75) is 39.5 Å². The number of rotatable bonds is 10. The summed E-state index contributed by atoms with van der Waals surface area (Å²) in [5, 5.41) is 0. The zero-order valence-corrected chi connectivity index (χ0v) is 18.5. The van der Waals surface area contributed by atoms with Crippen LogP contribution in [0.25, 0.3) is 0 Å². The summed E-state index contributed by atoms with van der Waals surface area (Å²) in [4.78, 5) is 34.2. The summed E-state index contributed by atoms with van der Waals surface area (Å²) in [6, 6.07) is 19.7. The van der Waals surface area contributed by atoms with Gasteiger partial charge in [0.2, 0.25) is 0 Å². The van der Waals surface area contributed by atoms with E-state index in [0.717, 1.165) is 11.1 Å². The predicted molar refractivity (Wildman–Crippen MR) is 121 cm³/mol. The number of hydrogen-bond donors (Lipinski definition) is 0. The molecule has 0 bridgehead atoms. The van der Waals surface area contributed by atoms with Crippen molar-refractivity contribution in [1.29, 1.82) is 0 Å². The molecule has 1 aromatic heterocycles. The van der Waals surface area contributed by atoms with Gasteiger partial charge in [-0.15, -0.1) is 0 Å². The van der Waals surface area contributed by atoms with E-state index in [2.05, 4.69) is 0 Å². The minimum absolute atomic E-state index is 0.0322. The number of hydrogen-bond acceptors (Lipinski definition) is 6. The van der Waals surface area contributed by atoms with Gasteiger partial charge in [-0.2, -0.15) is 0 Å². The Kier molecular flexibility index (Phi) is 8.49. The fourth-order valence-electron chi connectivity index (χ4n) is 3.43. The molecule has 0 radical (unpaired) electrons. The highest BCUT2D eigenvalue weighted by atomic mass is 16.5. The Morgan fingerprint density at radius 2 is 1.00 bits per heavy atom. The molecule has 6 nitrogen and oxygen atoms in total. The van der Waals surface area contributed by atoms with Gasteiger partial charge in [0.25, 0.3) is 0 Å². The SMILES string of the molecule is CCOC(=O)Cc1nc(Cc2ccccc2)c(CC(=O)OCC)nc1Cc1ccccc1. The maximum absolute atomic E-state index is 12.3. The van der Waals surface area contributed by atoms with Crippen LogP contribution < -0.4 is 0 Å². The number of benzene rings is 2. The summed E-state index contributed by atoms with van der Waals surface area (Å²) in [5.74, 6) is -0.695. The number of aromatic nitrogens is 2. The summed E-state index contributed by atoms with van der Waals surface area (Å²) in [7, 11) is 0. The molecule has 0 fully saturated rings. The van der Waals surface area contributed by atoms with Gasteiger partial charge in [0.1, 0.15) is 0 Å². The van der Waals surface area contributed by atoms with Crippen LogP contribution in [0.2, 0.25) is 0 Å². The molecule has 6 heteroatoms. The van der Waals surface area contributed by atoms with Gasteiger partial charge in [0, 0.05) is 12.8 Å². The third-order valence-corrected chi connectivity index (χ3v) is 4.87. The van der Waals surface area contributed by atoms with Gasteiger partial charge in [0.15, 0.2) is 0 Å². The van der Waals surface area contributed by atoms with Crippen LogP contribution >= 0.6 is 0 Å². The van der Waals surface area contributed by atoms with Crippen molar-refractivity contribution in [2.24, 2.45) is 0 Å². The molecule has 3 aromatic rings. The Labute approximate surface area is 188 Å². The van der Waals surface area contributed by atoms with Crippen molar-refractivity contribution < 1.29 is 19.1 Å². The molecule has 0 aliphatic rings. The number of nitrogens with zero attached hydrogens (tertiary/aromatic N) is 2. The molecular formula is C26H28N2O4. The molecule has 2 aromatic carbocycles. The molecule has 0 amide bonds. The van der Waals surface area contributed by atoms with Gasteiger partial charge < -0.3 is 9.47 Å². The highest BCUT2D eigenvalue weighted by Crippen LogP contribution is 2.19. The van der Waals surface area contributed by atoms with Gasteiger partial charge in [-0.05, 0) is 25.0 Å². The first-order chi connectivity index (χ1) is 15.6. The number of ether oxygens (including phenoxy) is 2. The summed E-state index contributed by atoms with van der Waals surface area (Å²) in [6.07, 6.45) is 1.07. The highest BCUT2D eigenvalue weighted by Gasteiger charge is 2.20. The Hall–Kier alpha value is -3.54. The summed E-state index contributed by atoms with van der Waals surface area (Å²) >= 11 is 0. The minimum atomic E-state index is -0.347. The second-order valence-corrected chi connectivity index (χ2v) is 7.30. The minimum Gasteiger partial charge on any atom is -0.466 e. The maximum atomic E-state index is 12.3. The second kappa shape index (κ2) is 11.7. The van der Waals surface area contributed by atoms with Crippen molar-refractivity contribution in [3.05, 3.63) is 94.6 Å². The Morgan fingerprint density at radius 3 is 1.34 bits per heavy atom. The zero-order valence-electron chi connectivity index (χ0n) is 18.5. The van der Waals surface area contributed by atoms with Gasteiger partial charge in [-0.1, -0.05) is 60.7 Å². The fraction of sp³-hybridized carbons (Fsp3) is 0.308. The van der Waals surface area contributed by atoms with Crippen LogP contribution in [0.4, 0.5) is 0 Å². The first-order valence-corrected chi connectivity index (χ1v) is 10.9. The second-order valence-electron chi connectivity index (χ2n) is 7.30. The van der Waals surface area contributed by atoms with E-state index >= 15 is 0 Å². The number of carbonyl (C=O) groups is 2. The smallest absolute Gasteiger partial charge is 0.311 e. The molecule has 0 saturated carbocycles. The van der Waals surface area contributed by atoms with Gasteiger partial charge in [0.05, 0.1) is 48.8 Å². The average Bonchev–Trinajstić information content (AvgIpc) is 2.78. The van der Waals surface area contributed by atoms with Crippen molar-refractivity contribution in [3.8, 4) is 0 Å². The third kappa shape index (κ3) is 6.74. The molecule has 0 N–H and O–H groups in total. The first-order valence-electron chi connectivity index (χ1n) is 10.9. The number of esters is 2. The lowest BCUT2D eigenvalue weighted by Crippen LogP contribution is -2.18. The van der Waals surface area contributed by atoms with Gasteiger partial charge in [-0.25, -0.2) is 0 Å². The monoisotopic (exact) mass is 432 g/mol. The van der Waals surface area contributed by atoms with E-state index in [4.69, 9.17) is 19.4 Å².